The number of ketones is 1. The predicted molar refractivity (Wildman–Crippen MR) is 66.5 cm³/mol. The molecule has 1 atom stereocenters. The van der Waals surface area contributed by atoms with Crippen molar-refractivity contribution in [1.29, 1.82) is 0 Å². The average molecular weight is 255 g/mol. The minimum absolute atomic E-state index is 0.103. The Morgan fingerprint density at radius 2 is 2.06 bits per heavy atom. The minimum Gasteiger partial charge on any atom is -0.469 e. The zero-order valence-electron chi connectivity index (χ0n) is 10.1. The summed E-state index contributed by atoms with van der Waals surface area (Å²) >= 11 is 5.76. The van der Waals surface area contributed by atoms with Gasteiger partial charge in [0.1, 0.15) is 0 Å². The predicted octanol–water partition coefficient (Wildman–Crippen LogP) is 2.52. The lowest BCUT2D eigenvalue weighted by Crippen LogP contribution is -2.12. The van der Waals surface area contributed by atoms with Crippen LogP contribution in [0.3, 0.4) is 0 Å². The highest BCUT2D eigenvalue weighted by atomic mass is 35.5. The molecule has 0 radical (unpaired) electrons. The maximum absolute atomic E-state index is 11.7. The number of benzene rings is 1. The summed E-state index contributed by atoms with van der Waals surface area (Å²) in [4.78, 5) is 22.8. The van der Waals surface area contributed by atoms with Crippen LogP contribution in [-0.2, 0) is 16.0 Å². The van der Waals surface area contributed by atoms with E-state index in [-0.39, 0.29) is 18.2 Å². The Labute approximate surface area is 106 Å². The van der Waals surface area contributed by atoms with E-state index in [9.17, 15) is 9.59 Å². The number of aryl methyl sites for hydroxylation is 1. The number of hydrogen-bond acceptors (Lipinski definition) is 3. The summed E-state index contributed by atoms with van der Waals surface area (Å²) < 4.78 is 4.58. The molecular weight excluding hydrogens is 240 g/mol. The van der Waals surface area contributed by atoms with Crippen LogP contribution >= 0.6 is 11.6 Å². The summed E-state index contributed by atoms with van der Waals surface area (Å²) in [5.74, 6) is -0.400. The molecule has 0 spiro atoms. The first-order valence-electron chi connectivity index (χ1n) is 5.30. The Morgan fingerprint density at radius 1 is 1.41 bits per heavy atom. The highest BCUT2D eigenvalue weighted by Gasteiger charge is 2.15. The molecule has 0 heterocycles. The Bertz CT molecular complexity index is 438. The molecule has 92 valence electrons. The lowest BCUT2D eigenvalue weighted by Gasteiger charge is -2.08. The SMILES string of the molecule is COC(=O)Cc1ccc(C(=O)C(C)Cl)c(C)c1. The maximum Gasteiger partial charge on any atom is 0.309 e. The molecule has 1 aromatic carbocycles. The molecule has 17 heavy (non-hydrogen) atoms. The van der Waals surface area contributed by atoms with Crippen LogP contribution in [-0.4, -0.2) is 24.2 Å². The molecule has 0 amide bonds. The van der Waals surface area contributed by atoms with Gasteiger partial charge >= 0.3 is 5.97 Å². The zero-order valence-corrected chi connectivity index (χ0v) is 10.9. The van der Waals surface area contributed by atoms with E-state index in [1.54, 1.807) is 19.1 Å². The molecule has 1 aromatic rings. The second-order valence-electron chi connectivity index (χ2n) is 3.88. The monoisotopic (exact) mass is 254 g/mol. The van der Waals surface area contributed by atoms with Gasteiger partial charge in [0.05, 0.1) is 18.9 Å². The topological polar surface area (TPSA) is 43.4 Å². The van der Waals surface area contributed by atoms with Gasteiger partial charge in [0, 0.05) is 5.56 Å². The van der Waals surface area contributed by atoms with Gasteiger partial charge < -0.3 is 4.74 Å². The fraction of sp³-hybridized carbons (Fsp3) is 0.385. The summed E-state index contributed by atoms with van der Waals surface area (Å²) in [6, 6.07) is 5.26. The van der Waals surface area contributed by atoms with Gasteiger partial charge in [-0.3, -0.25) is 9.59 Å². The van der Waals surface area contributed by atoms with Crippen molar-refractivity contribution in [3.05, 3.63) is 34.9 Å². The van der Waals surface area contributed by atoms with Crippen LogP contribution in [0.4, 0.5) is 0 Å². The molecule has 0 aliphatic rings. The second kappa shape index (κ2) is 5.82. The first-order chi connectivity index (χ1) is 7.95. The molecule has 0 bridgehead atoms. The fourth-order valence-corrected chi connectivity index (χ4v) is 1.68. The van der Waals surface area contributed by atoms with Crippen molar-refractivity contribution in [2.45, 2.75) is 25.6 Å². The number of alkyl halides is 1. The van der Waals surface area contributed by atoms with Crippen LogP contribution in [0.25, 0.3) is 0 Å². The fourth-order valence-electron chi connectivity index (χ4n) is 1.57. The summed E-state index contributed by atoms with van der Waals surface area (Å²) in [5.41, 5.74) is 2.25. The molecule has 0 saturated carbocycles. The van der Waals surface area contributed by atoms with Gasteiger partial charge in [-0.1, -0.05) is 18.2 Å². The first kappa shape index (κ1) is 13.7. The highest BCUT2D eigenvalue weighted by Crippen LogP contribution is 2.16. The Hall–Kier alpha value is -1.35. The first-order valence-corrected chi connectivity index (χ1v) is 5.74. The van der Waals surface area contributed by atoms with E-state index in [4.69, 9.17) is 11.6 Å². The maximum atomic E-state index is 11.7. The number of hydrogen-bond donors (Lipinski definition) is 0. The van der Waals surface area contributed by atoms with Crippen LogP contribution in [0.1, 0.15) is 28.4 Å². The van der Waals surface area contributed by atoms with Gasteiger partial charge in [-0.25, -0.2) is 0 Å². The van der Waals surface area contributed by atoms with Crippen LogP contribution in [0.15, 0.2) is 18.2 Å². The number of esters is 1. The van der Waals surface area contributed by atoms with Crippen molar-refractivity contribution < 1.29 is 14.3 Å². The van der Waals surface area contributed by atoms with Crippen molar-refractivity contribution in [3.63, 3.8) is 0 Å². The van der Waals surface area contributed by atoms with Gasteiger partial charge in [0.15, 0.2) is 5.78 Å². The smallest absolute Gasteiger partial charge is 0.309 e. The summed E-state index contributed by atoms with van der Waals surface area (Å²) in [6.45, 7) is 3.47. The third kappa shape index (κ3) is 3.56. The third-order valence-corrected chi connectivity index (χ3v) is 2.69. The number of halogens is 1. The number of ether oxygens (including phenoxy) is 1. The minimum atomic E-state index is -0.542. The number of Topliss-reactive ketones (excluding diaryl/α,β-unsaturated/α-hetero) is 1. The number of rotatable bonds is 4. The molecule has 0 aliphatic heterocycles. The Morgan fingerprint density at radius 3 is 2.53 bits per heavy atom. The van der Waals surface area contributed by atoms with Gasteiger partial charge in [-0.15, -0.1) is 11.6 Å². The highest BCUT2D eigenvalue weighted by molar-refractivity contribution is 6.33. The third-order valence-electron chi connectivity index (χ3n) is 2.49. The summed E-state index contributed by atoms with van der Waals surface area (Å²) in [7, 11) is 1.35. The van der Waals surface area contributed by atoms with E-state index in [1.165, 1.54) is 7.11 Å². The van der Waals surface area contributed by atoms with E-state index >= 15 is 0 Å². The van der Waals surface area contributed by atoms with Crippen molar-refractivity contribution in [2.75, 3.05) is 7.11 Å². The van der Waals surface area contributed by atoms with Gasteiger partial charge in [0.2, 0.25) is 0 Å². The number of carbonyl (C=O) groups excluding carboxylic acids is 2. The molecule has 0 saturated heterocycles. The van der Waals surface area contributed by atoms with Gasteiger partial charge in [-0.2, -0.15) is 0 Å². The Balaban J connectivity index is 2.94. The van der Waals surface area contributed by atoms with Gasteiger partial charge in [0.25, 0.3) is 0 Å². The summed E-state index contributed by atoms with van der Waals surface area (Å²) in [6.07, 6.45) is 0.211. The molecule has 0 fully saturated rings. The largest absolute Gasteiger partial charge is 0.469 e. The molecular formula is C13H15ClO3. The molecule has 4 heteroatoms. The van der Waals surface area contributed by atoms with Crippen LogP contribution in [0.2, 0.25) is 0 Å². The quantitative estimate of drug-likeness (QED) is 0.471. The van der Waals surface area contributed by atoms with Crippen LogP contribution in [0, 0.1) is 6.92 Å². The molecule has 0 aliphatic carbocycles. The van der Waals surface area contributed by atoms with Crippen molar-refractivity contribution >= 4 is 23.4 Å². The molecule has 1 unspecified atom stereocenters. The lowest BCUT2D eigenvalue weighted by molar-refractivity contribution is -0.139. The molecule has 0 aromatic heterocycles. The molecule has 0 N–H and O–H groups in total. The van der Waals surface area contributed by atoms with Crippen LogP contribution < -0.4 is 0 Å². The van der Waals surface area contributed by atoms with E-state index in [0.29, 0.717) is 5.56 Å². The normalized spacial score (nSPS) is 12.0. The van der Waals surface area contributed by atoms with Crippen molar-refractivity contribution in [1.82, 2.24) is 0 Å². The van der Waals surface area contributed by atoms with Crippen molar-refractivity contribution in [2.24, 2.45) is 0 Å². The number of carbonyl (C=O) groups is 2. The Kier molecular flexibility index (Phi) is 4.70. The van der Waals surface area contributed by atoms with E-state index in [2.05, 4.69) is 4.74 Å². The second-order valence-corrected chi connectivity index (χ2v) is 4.54. The van der Waals surface area contributed by atoms with Gasteiger partial charge in [-0.05, 0) is 25.0 Å². The molecule has 1 rings (SSSR count). The summed E-state index contributed by atoms with van der Waals surface area (Å²) in [5, 5.41) is -0.542. The van der Waals surface area contributed by atoms with E-state index in [0.717, 1.165) is 11.1 Å². The van der Waals surface area contributed by atoms with E-state index < -0.39 is 5.38 Å². The standard InChI is InChI=1S/C13H15ClO3/c1-8-6-10(7-12(15)17-3)4-5-11(8)13(16)9(2)14/h4-6,9H,7H2,1-3H3. The average Bonchev–Trinajstić information content (AvgIpc) is 2.28. The van der Waals surface area contributed by atoms with Crippen molar-refractivity contribution in [3.8, 4) is 0 Å². The lowest BCUT2D eigenvalue weighted by atomic mass is 9.99. The van der Waals surface area contributed by atoms with E-state index in [1.807, 2.05) is 13.0 Å². The molecule has 3 nitrogen and oxygen atoms in total. The zero-order chi connectivity index (χ0) is 13.0. The van der Waals surface area contributed by atoms with Crippen LogP contribution in [0.5, 0.6) is 0 Å². The number of methoxy groups -OCH3 is 1.